The van der Waals surface area contributed by atoms with Crippen molar-refractivity contribution in [2.24, 2.45) is 0 Å². The zero-order valence-electron chi connectivity index (χ0n) is 12.1. The molecule has 4 N–H and O–H groups in total. The number of anilines is 2. The van der Waals surface area contributed by atoms with E-state index in [0.29, 0.717) is 17.0 Å². The van der Waals surface area contributed by atoms with Gasteiger partial charge >= 0.3 is 0 Å². The Bertz CT molecular complexity index is 1020. The normalized spacial score (nSPS) is 11.3. The van der Waals surface area contributed by atoms with Gasteiger partial charge in [-0.25, -0.2) is 9.67 Å². The third kappa shape index (κ3) is 1.72. The smallest absolute Gasteiger partial charge is 0.157 e. The van der Waals surface area contributed by atoms with Crippen molar-refractivity contribution in [2.75, 3.05) is 11.5 Å². The lowest BCUT2D eigenvalue weighted by Gasteiger charge is -2.07. The average molecular weight is 289 g/mol. The van der Waals surface area contributed by atoms with Crippen molar-refractivity contribution in [1.29, 1.82) is 0 Å². The van der Waals surface area contributed by atoms with Crippen molar-refractivity contribution in [3.8, 4) is 5.69 Å². The fourth-order valence-corrected chi connectivity index (χ4v) is 2.84. The molecule has 108 valence electrons. The zero-order chi connectivity index (χ0) is 15.3. The Hall–Kier alpha value is -3.08. The Balaban J connectivity index is 2.20. The third-order valence-corrected chi connectivity index (χ3v) is 3.81. The predicted molar refractivity (Wildman–Crippen MR) is 89.9 cm³/mol. The minimum Gasteiger partial charge on any atom is -0.383 e. The first-order valence-electron chi connectivity index (χ1n) is 7.04. The fraction of sp³-hybridized carbons (Fsp3) is 0.0588. The van der Waals surface area contributed by atoms with Crippen LogP contribution >= 0.6 is 0 Å². The summed E-state index contributed by atoms with van der Waals surface area (Å²) in [5.74, 6) is 0.803. The van der Waals surface area contributed by atoms with Gasteiger partial charge in [0.1, 0.15) is 5.82 Å². The molecule has 0 amide bonds. The van der Waals surface area contributed by atoms with E-state index >= 15 is 0 Å². The highest BCUT2D eigenvalue weighted by Gasteiger charge is 2.16. The number of pyridine rings is 1. The van der Waals surface area contributed by atoms with Gasteiger partial charge in [-0.1, -0.05) is 30.3 Å². The van der Waals surface area contributed by atoms with Crippen molar-refractivity contribution in [3.63, 3.8) is 0 Å². The summed E-state index contributed by atoms with van der Waals surface area (Å²) < 4.78 is 1.85. The largest absolute Gasteiger partial charge is 0.383 e. The number of rotatable bonds is 1. The number of benzene rings is 2. The van der Waals surface area contributed by atoms with Gasteiger partial charge in [-0.15, -0.1) is 5.10 Å². The number of nitrogens with zero attached hydrogens (tertiary/aromatic N) is 3. The van der Waals surface area contributed by atoms with E-state index in [2.05, 4.69) is 16.1 Å². The summed E-state index contributed by atoms with van der Waals surface area (Å²) in [5, 5.41) is 6.18. The molecule has 0 fully saturated rings. The first-order chi connectivity index (χ1) is 10.6. The Morgan fingerprint density at radius 3 is 2.59 bits per heavy atom. The Morgan fingerprint density at radius 2 is 1.77 bits per heavy atom. The van der Waals surface area contributed by atoms with Gasteiger partial charge in [-0.05, 0) is 30.7 Å². The van der Waals surface area contributed by atoms with Crippen LogP contribution < -0.4 is 11.5 Å². The van der Waals surface area contributed by atoms with Crippen LogP contribution in [0.2, 0.25) is 0 Å². The van der Waals surface area contributed by atoms with Crippen molar-refractivity contribution < 1.29 is 0 Å². The van der Waals surface area contributed by atoms with Crippen LogP contribution in [0.4, 0.5) is 11.6 Å². The maximum absolute atomic E-state index is 6.10. The molecule has 0 aliphatic carbocycles. The summed E-state index contributed by atoms with van der Waals surface area (Å²) >= 11 is 0. The number of aryl methyl sites for hydroxylation is 1. The van der Waals surface area contributed by atoms with E-state index in [-0.39, 0.29) is 0 Å². The first-order valence-corrected chi connectivity index (χ1v) is 7.04. The molecule has 0 aliphatic rings. The number of nitrogen functional groups attached to an aromatic ring is 2. The highest BCUT2D eigenvalue weighted by molar-refractivity contribution is 6.12. The minimum absolute atomic E-state index is 0.396. The molecule has 22 heavy (non-hydrogen) atoms. The minimum atomic E-state index is 0.396. The molecule has 0 saturated heterocycles. The number of hydrogen-bond donors (Lipinski definition) is 2. The molecule has 0 spiro atoms. The van der Waals surface area contributed by atoms with Crippen LogP contribution in [-0.2, 0) is 0 Å². The number of aromatic nitrogens is 3. The van der Waals surface area contributed by atoms with Gasteiger partial charge in [0.15, 0.2) is 5.82 Å². The van der Waals surface area contributed by atoms with Crippen LogP contribution in [0.25, 0.3) is 27.5 Å². The molecule has 0 saturated carbocycles. The van der Waals surface area contributed by atoms with E-state index in [1.165, 1.54) is 0 Å². The van der Waals surface area contributed by atoms with E-state index in [9.17, 15) is 0 Å². The average Bonchev–Trinajstić information content (AvgIpc) is 2.86. The highest BCUT2D eigenvalue weighted by Crippen LogP contribution is 2.33. The molecular weight excluding hydrogens is 274 g/mol. The Morgan fingerprint density at radius 1 is 0.955 bits per heavy atom. The molecule has 0 unspecified atom stereocenters. The van der Waals surface area contributed by atoms with Gasteiger partial charge in [0.2, 0.25) is 0 Å². The van der Waals surface area contributed by atoms with Crippen molar-refractivity contribution in [2.45, 2.75) is 6.92 Å². The Labute approximate surface area is 127 Å². The summed E-state index contributed by atoms with van der Waals surface area (Å²) in [6.07, 6.45) is 0. The van der Waals surface area contributed by atoms with E-state index in [0.717, 1.165) is 27.7 Å². The quantitative estimate of drug-likeness (QED) is 0.564. The summed E-state index contributed by atoms with van der Waals surface area (Å²) in [7, 11) is 0. The van der Waals surface area contributed by atoms with E-state index in [1.807, 2.05) is 54.1 Å². The molecule has 0 radical (unpaired) electrons. The van der Waals surface area contributed by atoms with Crippen LogP contribution in [0, 0.1) is 6.92 Å². The lowest BCUT2D eigenvalue weighted by atomic mass is 10.1. The Kier molecular flexibility index (Phi) is 2.56. The SMILES string of the molecule is Cc1cccc(-n2nc(N)c3c(N)nc4ccccc4c32)c1. The lowest BCUT2D eigenvalue weighted by molar-refractivity contribution is 0.918. The van der Waals surface area contributed by atoms with Gasteiger partial charge in [0.05, 0.1) is 22.1 Å². The molecule has 2 aromatic heterocycles. The van der Waals surface area contributed by atoms with Crippen molar-refractivity contribution in [1.82, 2.24) is 14.8 Å². The molecule has 2 heterocycles. The van der Waals surface area contributed by atoms with Gasteiger partial charge in [0.25, 0.3) is 0 Å². The number of para-hydroxylation sites is 1. The third-order valence-electron chi connectivity index (χ3n) is 3.81. The molecule has 2 aromatic carbocycles. The van der Waals surface area contributed by atoms with E-state index < -0.39 is 0 Å². The standard InChI is InChI=1S/C17H15N5/c1-10-5-4-6-11(9-10)22-15-12-7-2-3-8-13(12)20-16(18)14(15)17(19)21-22/h2-9H,1H3,(H2,18,20)(H2,19,21). The molecule has 5 heteroatoms. The van der Waals surface area contributed by atoms with Crippen molar-refractivity contribution in [3.05, 3.63) is 54.1 Å². The summed E-state index contributed by atoms with van der Waals surface area (Å²) in [6, 6.07) is 16.0. The maximum atomic E-state index is 6.10. The molecule has 5 nitrogen and oxygen atoms in total. The van der Waals surface area contributed by atoms with Crippen LogP contribution in [0.5, 0.6) is 0 Å². The van der Waals surface area contributed by atoms with Crippen LogP contribution in [0.1, 0.15) is 5.56 Å². The lowest BCUT2D eigenvalue weighted by Crippen LogP contribution is -1.98. The maximum Gasteiger partial charge on any atom is 0.157 e. The van der Waals surface area contributed by atoms with E-state index in [1.54, 1.807) is 0 Å². The molecule has 0 bridgehead atoms. The predicted octanol–water partition coefficient (Wildman–Crippen LogP) is 3.05. The fourth-order valence-electron chi connectivity index (χ4n) is 2.84. The van der Waals surface area contributed by atoms with Gasteiger partial charge < -0.3 is 11.5 Å². The monoisotopic (exact) mass is 289 g/mol. The summed E-state index contributed by atoms with van der Waals surface area (Å²) in [6.45, 7) is 2.05. The summed E-state index contributed by atoms with van der Waals surface area (Å²) in [5.41, 5.74) is 16.0. The van der Waals surface area contributed by atoms with Crippen LogP contribution in [0.3, 0.4) is 0 Å². The second-order valence-electron chi connectivity index (χ2n) is 5.37. The van der Waals surface area contributed by atoms with Gasteiger partial charge in [0, 0.05) is 5.39 Å². The number of nitrogens with two attached hydrogens (primary N) is 2. The molecule has 4 rings (SSSR count). The number of fused-ring (bicyclic) bond motifs is 3. The molecule has 0 atom stereocenters. The first kappa shape index (κ1) is 12.6. The second-order valence-corrected chi connectivity index (χ2v) is 5.37. The van der Waals surface area contributed by atoms with E-state index in [4.69, 9.17) is 11.5 Å². The highest BCUT2D eigenvalue weighted by atomic mass is 15.3. The molecular formula is C17H15N5. The van der Waals surface area contributed by atoms with Gasteiger partial charge in [-0.2, -0.15) is 0 Å². The van der Waals surface area contributed by atoms with Crippen LogP contribution in [0.15, 0.2) is 48.5 Å². The topological polar surface area (TPSA) is 82.8 Å². The van der Waals surface area contributed by atoms with Crippen molar-refractivity contribution >= 4 is 33.4 Å². The molecule has 4 aromatic rings. The summed E-state index contributed by atoms with van der Waals surface area (Å²) in [4.78, 5) is 4.43. The van der Waals surface area contributed by atoms with Gasteiger partial charge in [-0.3, -0.25) is 0 Å². The zero-order valence-corrected chi connectivity index (χ0v) is 12.1. The molecule has 0 aliphatic heterocycles. The van der Waals surface area contributed by atoms with Crippen LogP contribution in [-0.4, -0.2) is 14.8 Å². The second kappa shape index (κ2) is 4.46. The number of hydrogen-bond acceptors (Lipinski definition) is 4.